The molecular formula is C25H47NO6. The molecule has 2 aliphatic rings. The van der Waals surface area contributed by atoms with Gasteiger partial charge in [-0.1, -0.05) is 19.3 Å². The number of aliphatic hydroxyl groups is 1. The lowest BCUT2D eigenvalue weighted by Crippen LogP contribution is -2.49. The lowest BCUT2D eigenvalue weighted by atomic mass is 10.0. The van der Waals surface area contributed by atoms with Crippen molar-refractivity contribution in [2.45, 2.75) is 142 Å². The molecule has 0 aromatic carbocycles. The average Bonchev–Trinajstić information content (AvgIpc) is 2.93. The number of amides is 1. The normalized spacial score (nSPS) is 26.8. The summed E-state index contributed by atoms with van der Waals surface area (Å²) in [5, 5.41) is 10.4. The summed E-state index contributed by atoms with van der Waals surface area (Å²) in [6, 6.07) is -0.0970. The highest BCUT2D eigenvalue weighted by Gasteiger charge is 2.48. The van der Waals surface area contributed by atoms with Crippen molar-refractivity contribution in [3.05, 3.63) is 0 Å². The van der Waals surface area contributed by atoms with E-state index >= 15 is 0 Å². The van der Waals surface area contributed by atoms with Gasteiger partial charge in [-0.05, 0) is 86.5 Å². The molecule has 0 bridgehead atoms. The molecule has 2 aliphatic heterocycles. The number of ether oxygens (including phenoxy) is 4. The zero-order valence-electron chi connectivity index (χ0n) is 21.2. The number of carbonyl (C=O) groups excluding carboxylic acids is 1. The number of nitrogens with zero attached hydrogens (tertiary/aromatic N) is 1. The highest BCUT2D eigenvalue weighted by Crippen LogP contribution is 2.35. The van der Waals surface area contributed by atoms with Crippen molar-refractivity contribution >= 4 is 6.09 Å². The average molecular weight is 458 g/mol. The van der Waals surface area contributed by atoms with Crippen LogP contribution in [0.3, 0.4) is 0 Å². The smallest absolute Gasteiger partial charge is 0.412 e. The van der Waals surface area contributed by atoms with Crippen molar-refractivity contribution in [2.24, 2.45) is 0 Å². The first kappa shape index (κ1) is 27.4. The van der Waals surface area contributed by atoms with Gasteiger partial charge in [0.15, 0.2) is 6.29 Å². The third-order valence-corrected chi connectivity index (χ3v) is 6.21. The standard InChI is InChI=1S/C25H47NO6/c1-19-21(31-25(5,6)26(19)23(28)32-24(2,3)4)16-15-20(27)13-9-7-8-11-17-29-22-14-10-12-18-30-22/h19-22,27H,7-18H2,1-6H3/t19-,20?,21-,22?/m0/s1. The quantitative estimate of drug-likeness (QED) is 0.420. The van der Waals surface area contributed by atoms with Gasteiger partial charge in [0.25, 0.3) is 0 Å². The number of hydrogen-bond acceptors (Lipinski definition) is 6. The van der Waals surface area contributed by atoms with E-state index in [9.17, 15) is 9.90 Å². The summed E-state index contributed by atoms with van der Waals surface area (Å²) in [4.78, 5) is 14.4. The Morgan fingerprint density at radius 3 is 2.53 bits per heavy atom. The molecule has 0 saturated carbocycles. The first-order valence-corrected chi connectivity index (χ1v) is 12.6. The van der Waals surface area contributed by atoms with Gasteiger partial charge in [-0.3, -0.25) is 4.90 Å². The molecule has 2 saturated heterocycles. The number of rotatable bonds is 11. The Bertz CT molecular complexity index is 555. The molecule has 2 rings (SSSR count). The monoisotopic (exact) mass is 457 g/mol. The third kappa shape index (κ3) is 9.16. The molecule has 0 aromatic heterocycles. The van der Waals surface area contributed by atoms with Crippen molar-refractivity contribution in [2.75, 3.05) is 13.2 Å². The zero-order valence-corrected chi connectivity index (χ0v) is 21.2. The number of aliphatic hydroxyl groups excluding tert-OH is 1. The topological polar surface area (TPSA) is 77.5 Å². The first-order chi connectivity index (χ1) is 15.0. The van der Waals surface area contributed by atoms with Crippen LogP contribution in [0, 0.1) is 0 Å². The molecule has 2 unspecified atom stereocenters. The molecule has 0 spiro atoms. The van der Waals surface area contributed by atoms with Gasteiger partial charge in [0, 0.05) is 13.2 Å². The summed E-state index contributed by atoms with van der Waals surface area (Å²) in [6.07, 6.45) is 9.03. The van der Waals surface area contributed by atoms with Gasteiger partial charge < -0.3 is 24.1 Å². The Hall–Kier alpha value is -0.890. The van der Waals surface area contributed by atoms with E-state index < -0.39 is 11.3 Å². The van der Waals surface area contributed by atoms with Gasteiger partial charge in [-0.25, -0.2) is 4.79 Å². The second kappa shape index (κ2) is 12.5. The molecule has 32 heavy (non-hydrogen) atoms. The Labute approximate surface area is 195 Å². The van der Waals surface area contributed by atoms with Crippen molar-refractivity contribution in [3.63, 3.8) is 0 Å². The predicted octanol–water partition coefficient (Wildman–Crippen LogP) is 5.38. The van der Waals surface area contributed by atoms with Crippen LogP contribution in [0.4, 0.5) is 4.79 Å². The Balaban J connectivity index is 1.59. The Morgan fingerprint density at radius 2 is 1.88 bits per heavy atom. The van der Waals surface area contributed by atoms with E-state index in [2.05, 4.69) is 0 Å². The maximum absolute atomic E-state index is 12.7. The molecule has 1 amide bonds. The van der Waals surface area contributed by atoms with Crippen molar-refractivity contribution in [3.8, 4) is 0 Å². The lowest BCUT2D eigenvalue weighted by Gasteiger charge is -2.34. The summed E-state index contributed by atoms with van der Waals surface area (Å²) in [5.41, 5.74) is -1.26. The molecule has 7 heteroatoms. The number of carbonyl (C=O) groups is 1. The van der Waals surface area contributed by atoms with E-state index in [-0.39, 0.29) is 30.6 Å². The maximum atomic E-state index is 12.7. The van der Waals surface area contributed by atoms with Crippen LogP contribution in [0.15, 0.2) is 0 Å². The van der Waals surface area contributed by atoms with Crippen LogP contribution in [0.25, 0.3) is 0 Å². The van der Waals surface area contributed by atoms with Crippen LogP contribution in [-0.4, -0.2) is 65.2 Å². The van der Waals surface area contributed by atoms with E-state index in [1.165, 1.54) is 6.42 Å². The van der Waals surface area contributed by atoms with Gasteiger partial charge in [0.05, 0.1) is 18.2 Å². The fourth-order valence-corrected chi connectivity index (χ4v) is 4.57. The minimum Gasteiger partial charge on any atom is -0.444 e. The second-order valence-corrected chi connectivity index (χ2v) is 10.8. The minimum absolute atomic E-state index is 0.00184. The van der Waals surface area contributed by atoms with Crippen LogP contribution < -0.4 is 0 Å². The van der Waals surface area contributed by atoms with Crippen LogP contribution in [-0.2, 0) is 18.9 Å². The maximum Gasteiger partial charge on any atom is 0.412 e. The summed E-state index contributed by atoms with van der Waals surface area (Å²) >= 11 is 0. The second-order valence-electron chi connectivity index (χ2n) is 10.8. The highest BCUT2D eigenvalue weighted by molar-refractivity contribution is 5.69. The van der Waals surface area contributed by atoms with Gasteiger partial charge in [-0.15, -0.1) is 0 Å². The van der Waals surface area contributed by atoms with Gasteiger partial charge in [0.1, 0.15) is 11.3 Å². The van der Waals surface area contributed by atoms with E-state index in [0.29, 0.717) is 6.42 Å². The molecule has 2 fully saturated rings. The van der Waals surface area contributed by atoms with Crippen LogP contribution in [0.5, 0.6) is 0 Å². The van der Waals surface area contributed by atoms with E-state index in [4.69, 9.17) is 18.9 Å². The highest BCUT2D eigenvalue weighted by atomic mass is 16.7. The molecule has 0 aromatic rings. The van der Waals surface area contributed by atoms with E-state index in [0.717, 1.165) is 64.6 Å². The summed E-state index contributed by atoms with van der Waals surface area (Å²) in [7, 11) is 0. The molecule has 4 atom stereocenters. The fraction of sp³-hybridized carbons (Fsp3) is 0.960. The van der Waals surface area contributed by atoms with Crippen molar-refractivity contribution in [1.82, 2.24) is 4.90 Å². The minimum atomic E-state index is -0.720. The van der Waals surface area contributed by atoms with Crippen LogP contribution in [0.1, 0.15) is 106 Å². The van der Waals surface area contributed by atoms with Crippen LogP contribution in [0.2, 0.25) is 0 Å². The SMILES string of the molecule is C[C@H]1[C@H](CCC(O)CCCCCCOC2CCCCO2)OC(C)(C)N1C(=O)OC(C)(C)C. The summed E-state index contributed by atoms with van der Waals surface area (Å²) < 4.78 is 23.1. The Kier molecular flexibility index (Phi) is 10.7. The van der Waals surface area contributed by atoms with Crippen molar-refractivity contribution in [1.29, 1.82) is 0 Å². The Morgan fingerprint density at radius 1 is 1.16 bits per heavy atom. The van der Waals surface area contributed by atoms with Crippen LogP contribution >= 0.6 is 0 Å². The summed E-state index contributed by atoms with van der Waals surface area (Å²) in [5.74, 6) is 0. The van der Waals surface area contributed by atoms with Gasteiger partial charge in [0.2, 0.25) is 0 Å². The predicted molar refractivity (Wildman–Crippen MR) is 124 cm³/mol. The molecule has 188 valence electrons. The molecule has 0 radical (unpaired) electrons. The largest absolute Gasteiger partial charge is 0.444 e. The molecule has 1 N–H and O–H groups in total. The van der Waals surface area contributed by atoms with Gasteiger partial charge in [-0.2, -0.15) is 0 Å². The third-order valence-electron chi connectivity index (χ3n) is 6.21. The molecule has 0 aliphatic carbocycles. The molecular weight excluding hydrogens is 410 g/mol. The first-order valence-electron chi connectivity index (χ1n) is 12.6. The fourth-order valence-electron chi connectivity index (χ4n) is 4.57. The van der Waals surface area contributed by atoms with Gasteiger partial charge >= 0.3 is 6.09 Å². The number of unbranched alkanes of at least 4 members (excludes halogenated alkanes) is 3. The molecule has 2 heterocycles. The zero-order chi connectivity index (χ0) is 23.8. The van der Waals surface area contributed by atoms with Crippen molar-refractivity contribution < 1.29 is 28.8 Å². The molecule has 7 nitrogen and oxygen atoms in total. The lowest BCUT2D eigenvalue weighted by molar-refractivity contribution is -0.162. The number of hydrogen-bond donors (Lipinski definition) is 1. The van der Waals surface area contributed by atoms with E-state index in [1.54, 1.807) is 4.90 Å². The summed E-state index contributed by atoms with van der Waals surface area (Å²) in [6.45, 7) is 13.0. The van der Waals surface area contributed by atoms with E-state index in [1.807, 2.05) is 41.5 Å².